The molecule has 5 aliphatic rings. The summed E-state index contributed by atoms with van der Waals surface area (Å²) in [4.78, 5) is 48.8. The van der Waals surface area contributed by atoms with E-state index >= 15 is 0 Å². The van der Waals surface area contributed by atoms with Crippen LogP contribution in [0.5, 0.6) is 5.19 Å². The number of benzene rings is 1. The Kier molecular flexibility index (Phi) is 9.90. The van der Waals surface area contributed by atoms with Gasteiger partial charge < -0.3 is 20.3 Å². The molecule has 3 N–H and O–H groups in total. The van der Waals surface area contributed by atoms with Crippen molar-refractivity contribution in [1.82, 2.24) is 25.2 Å². The molecule has 0 radical (unpaired) electrons. The van der Waals surface area contributed by atoms with Crippen molar-refractivity contribution in [2.45, 2.75) is 108 Å². The van der Waals surface area contributed by atoms with Gasteiger partial charge in [0.15, 0.2) is 0 Å². The molecule has 0 bridgehead atoms. The summed E-state index contributed by atoms with van der Waals surface area (Å²) in [6, 6.07) is 6.15. The molecule has 3 fully saturated rings. The Morgan fingerprint density at radius 2 is 1.94 bits per heavy atom. The van der Waals surface area contributed by atoms with E-state index < -0.39 is 50.8 Å². The van der Waals surface area contributed by atoms with E-state index in [-0.39, 0.29) is 36.6 Å². The average Bonchev–Trinajstić information content (AvgIpc) is 3.98. The highest BCUT2D eigenvalue weighted by Crippen LogP contribution is 2.46. The van der Waals surface area contributed by atoms with Crippen molar-refractivity contribution in [2.24, 2.45) is 11.3 Å². The van der Waals surface area contributed by atoms with Gasteiger partial charge >= 0.3 is 0 Å². The molecule has 7 rings (SSSR count). The highest BCUT2D eigenvalue weighted by molar-refractivity contribution is 8.05. The fourth-order valence-electron chi connectivity index (χ4n) is 6.85. The summed E-state index contributed by atoms with van der Waals surface area (Å²) in [6.45, 7) is 6.58. The summed E-state index contributed by atoms with van der Waals surface area (Å²) in [7, 11) is -3.83. The number of nitrogens with zero attached hydrogens (tertiary/aromatic N) is 2. The zero-order valence-corrected chi connectivity index (χ0v) is 31.6. The fraction of sp³-hybridized carbons (Fsp3) is 0.541. The van der Waals surface area contributed by atoms with Crippen molar-refractivity contribution in [3.05, 3.63) is 64.2 Å². The summed E-state index contributed by atoms with van der Waals surface area (Å²) >= 11 is 2.90. The third-order valence-electron chi connectivity index (χ3n) is 10.2. The number of thiazole rings is 1. The van der Waals surface area contributed by atoms with Gasteiger partial charge in [-0.3, -0.25) is 19.1 Å². The molecule has 272 valence electrons. The van der Waals surface area contributed by atoms with E-state index in [1.54, 1.807) is 4.90 Å². The average molecular weight is 752 g/mol. The Hall–Kier alpha value is -3.58. The van der Waals surface area contributed by atoms with Crippen LogP contribution in [-0.4, -0.2) is 71.5 Å². The molecule has 2 aromatic rings. The lowest BCUT2D eigenvalue weighted by Gasteiger charge is -2.30. The SMILES string of the molecule is CC(C)(C)C1=CSC(N[C@H]2CCCCC/C=C\[C@@H]3C[C@@]3(C(=O)NS(=O)(=O)C3CC3)NC(=O)[C@@H]3C[C@@H](Oc4nc5ccccc5s4)CN3C2=O)=C=C1. The van der Waals surface area contributed by atoms with Crippen LogP contribution >= 0.6 is 23.1 Å². The molecule has 0 unspecified atom stereocenters. The Morgan fingerprint density at radius 1 is 1.14 bits per heavy atom. The molecular formula is C37H45N5O6S3. The van der Waals surface area contributed by atoms with Crippen molar-refractivity contribution in [2.75, 3.05) is 6.54 Å². The van der Waals surface area contributed by atoms with Crippen LogP contribution in [0.3, 0.4) is 0 Å². The molecule has 4 heterocycles. The standard InChI is InChI=1S/C37H45N5O6S3/c1-36(2,3)24-15-18-31(49-22-24)38-28-13-8-6-4-5-7-11-23-20-37(23,34(45)41-51(46,47)26-16-17-26)40-32(43)29-19-25(21-42(29)33(28)44)48-35-39-27-12-9-10-14-30(27)50-35/h7,9-12,14-15,22-23,25-26,28-29,38H,4-6,8,13,16-17,19-21H2,1-3H3,(H,40,43)(H,41,45)/b11-7-/t23-,25-,28+,29+,37-/m1/s1. The molecule has 2 saturated carbocycles. The first-order chi connectivity index (χ1) is 24.3. The lowest BCUT2D eigenvalue weighted by molar-refractivity contribution is -0.141. The van der Waals surface area contributed by atoms with Crippen molar-refractivity contribution in [3.8, 4) is 5.19 Å². The first-order valence-corrected chi connectivity index (χ1v) is 21.0. The van der Waals surface area contributed by atoms with Crippen LogP contribution in [0.2, 0.25) is 0 Å². The number of carbonyl (C=O) groups excluding carboxylic acids is 3. The monoisotopic (exact) mass is 751 g/mol. The first kappa shape index (κ1) is 35.8. The molecule has 1 aromatic heterocycles. The summed E-state index contributed by atoms with van der Waals surface area (Å²) in [5, 5.41) is 9.07. The van der Waals surface area contributed by atoms with Gasteiger partial charge in [0.1, 0.15) is 28.8 Å². The lowest BCUT2D eigenvalue weighted by atomic mass is 9.87. The van der Waals surface area contributed by atoms with Gasteiger partial charge in [0.2, 0.25) is 21.8 Å². The van der Waals surface area contributed by atoms with Gasteiger partial charge in [-0.05, 0) is 73.1 Å². The Balaban J connectivity index is 1.17. The van der Waals surface area contributed by atoms with E-state index in [0.29, 0.717) is 24.5 Å². The Bertz CT molecular complexity index is 1920. The zero-order chi connectivity index (χ0) is 36.0. The van der Waals surface area contributed by atoms with Crippen LogP contribution in [0.15, 0.2) is 64.2 Å². The maximum absolute atomic E-state index is 14.6. The van der Waals surface area contributed by atoms with Crippen LogP contribution in [0.25, 0.3) is 10.2 Å². The molecule has 1 saturated heterocycles. The second kappa shape index (κ2) is 14.1. The number of para-hydroxylation sites is 1. The van der Waals surface area contributed by atoms with Gasteiger partial charge in [0, 0.05) is 12.3 Å². The van der Waals surface area contributed by atoms with Crippen LogP contribution in [-0.2, 0) is 24.4 Å². The van der Waals surface area contributed by atoms with Crippen molar-refractivity contribution < 1.29 is 27.5 Å². The second-order valence-electron chi connectivity index (χ2n) is 15.2. The number of sulfonamides is 1. The number of aromatic nitrogens is 1. The van der Waals surface area contributed by atoms with Gasteiger partial charge in [-0.25, -0.2) is 13.4 Å². The molecular weight excluding hydrogens is 707 g/mol. The van der Waals surface area contributed by atoms with E-state index in [2.05, 4.69) is 52.3 Å². The van der Waals surface area contributed by atoms with Gasteiger partial charge in [-0.15, -0.1) is 0 Å². The number of hydrogen-bond donors (Lipinski definition) is 3. The smallest absolute Gasteiger partial charge is 0.274 e. The maximum Gasteiger partial charge on any atom is 0.274 e. The second-order valence-corrected chi connectivity index (χ2v) is 19.0. The Morgan fingerprint density at radius 3 is 2.67 bits per heavy atom. The molecule has 51 heavy (non-hydrogen) atoms. The van der Waals surface area contributed by atoms with Crippen LogP contribution in [0.1, 0.15) is 78.6 Å². The van der Waals surface area contributed by atoms with Crippen molar-refractivity contribution in [3.63, 3.8) is 0 Å². The molecule has 11 nitrogen and oxygen atoms in total. The van der Waals surface area contributed by atoms with Crippen LogP contribution in [0.4, 0.5) is 0 Å². The molecule has 1 aromatic carbocycles. The molecule has 3 amide bonds. The summed E-state index contributed by atoms with van der Waals surface area (Å²) < 4.78 is 35.2. The van der Waals surface area contributed by atoms with E-state index in [1.165, 1.54) is 23.1 Å². The maximum atomic E-state index is 14.6. The number of hydrogen-bond acceptors (Lipinski definition) is 10. The predicted molar refractivity (Wildman–Crippen MR) is 199 cm³/mol. The fourth-order valence-corrected chi connectivity index (χ4v) is 10.1. The number of thioether (sulfide) groups is 1. The number of carbonyl (C=O) groups is 3. The number of amides is 3. The number of rotatable bonds is 7. The summed E-state index contributed by atoms with van der Waals surface area (Å²) in [5.74, 6) is -1.83. The molecule has 0 spiro atoms. The zero-order valence-electron chi connectivity index (χ0n) is 29.1. The minimum absolute atomic E-state index is 0.0375. The minimum atomic E-state index is -3.83. The number of allylic oxidation sites excluding steroid dienone is 3. The summed E-state index contributed by atoms with van der Waals surface area (Å²) in [6.07, 6.45) is 10.8. The van der Waals surface area contributed by atoms with Crippen molar-refractivity contribution in [1.29, 1.82) is 0 Å². The van der Waals surface area contributed by atoms with Gasteiger partial charge in [-0.1, -0.05) is 86.7 Å². The number of nitrogens with one attached hydrogen (secondary N) is 3. The lowest BCUT2D eigenvalue weighted by Crippen LogP contribution is -2.58. The van der Waals surface area contributed by atoms with E-state index in [1.807, 2.05) is 42.5 Å². The highest BCUT2D eigenvalue weighted by atomic mass is 32.2. The van der Waals surface area contributed by atoms with Crippen LogP contribution in [0, 0.1) is 11.3 Å². The molecule has 5 atom stereocenters. The Labute approximate surface area is 307 Å². The molecule has 14 heteroatoms. The third kappa shape index (κ3) is 7.94. The predicted octanol–water partition coefficient (Wildman–Crippen LogP) is 5.28. The van der Waals surface area contributed by atoms with E-state index in [9.17, 15) is 22.8 Å². The van der Waals surface area contributed by atoms with Crippen molar-refractivity contribution >= 4 is 61.1 Å². The van der Waals surface area contributed by atoms with E-state index in [4.69, 9.17) is 4.74 Å². The van der Waals surface area contributed by atoms with Gasteiger partial charge in [0.05, 0.1) is 22.0 Å². The largest absolute Gasteiger partial charge is 0.465 e. The van der Waals surface area contributed by atoms with Gasteiger partial charge in [-0.2, -0.15) is 0 Å². The number of fused-ring (bicyclic) bond motifs is 3. The first-order valence-electron chi connectivity index (χ1n) is 17.8. The highest BCUT2D eigenvalue weighted by Gasteiger charge is 2.62. The third-order valence-corrected chi connectivity index (χ3v) is 13.8. The molecule has 3 aliphatic heterocycles. The molecule has 2 aliphatic carbocycles. The summed E-state index contributed by atoms with van der Waals surface area (Å²) in [5.41, 5.74) is 3.83. The number of ether oxygens (including phenoxy) is 1. The normalized spacial score (nSPS) is 29.4. The quantitative estimate of drug-likeness (QED) is 0.254. The van der Waals surface area contributed by atoms with Gasteiger partial charge in [0.25, 0.3) is 11.1 Å². The topological polar surface area (TPSA) is 147 Å². The minimum Gasteiger partial charge on any atom is -0.465 e. The van der Waals surface area contributed by atoms with Crippen LogP contribution < -0.4 is 20.1 Å². The van der Waals surface area contributed by atoms with E-state index in [0.717, 1.165) is 46.5 Å².